The third-order valence-electron chi connectivity index (χ3n) is 1.33. The fourth-order valence-corrected chi connectivity index (χ4v) is 1.57. The van der Waals surface area contributed by atoms with Gasteiger partial charge in [0.2, 0.25) is 15.9 Å². The second kappa shape index (κ2) is 4.36. The lowest BCUT2D eigenvalue weighted by atomic mass is 10.6. The van der Waals surface area contributed by atoms with E-state index < -0.39 is 21.7 Å². The van der Waals surface area contributed by atoms with Gasteiger partial charge in [-0.2, -0.15) is 4.98 Å². The highest BCUT2D eigenvalue weighted by atomic mass is 32.2. The Morgan fingerprint density at radius 3 is 2.73 bits per heavy atom. The van der Waals surface area contributed by atoms with Gasteiger partial charge in [0.1, 0.15) is 0 Å². The van der Waals surface area contributed by atoms with Crippen molar-refractivity contribution in [3.8, 4) is 0 Å². The molecule has 0 aliphatic carbocycles. The monoisotopic (exact) mass is 235 g/mol. The maximum absolute atomic E-state index is 11.0. The number of aliphatic carboxylic acids is 1. The average molecular weight is 235 g/mol. The van der Waals surface area contributed by atoms with E-state index in [1.54, 1.807) is 6.92 Å². The molecule has 0 bridgehead atoms. The fraction of sp³-hybridized carbons (Fsp3) is 0.500. The highest BCUT2D eigenvalue weighted by Gasteiger charge is 2.16. The molecular formula is C6H9N3O5S. The van der Waals surface area contributed by atoms with Crippen LogP contribution < -0.4 is 4.72 Å². The smallest absolute Gasteiger partial charge is 0.320 e. The Labute approximate surface area is 85.3 Å². The van der Waals surface area contributed by atoms with Crippen molar-refractivity contribution in [2.24, 2.45) is 0 Å². The van der Waals surface area contributed by atoms with E-state index in [0.717, 1.165) is 0 Å². The molecule has 0 spiro atoms. The Balaban J connectivity index is 2.53. The van der Waals surface area contributed by atoms with Crippen molar-refractivity contribution in [1.29, 1.82) is 0 Å². The van der Waals surface area contributed by atoms with Crippen molar-refractivity contribution in [3.63, 3.8) is 0 Å². The van der Waals surface area contributed by atoms with Crippen LogP contribution in [-0.4, -0.2) is 35.4 Å². The number of aryl methyl sites for hydroxylation is 1. The lowest BCUT2D eigenvalue weighted by Crippen LogP contribution is -2.29. The third kappa shape index (κ3) is 4.04. The van der Waals surface area contributed by atoms with Crippen LogP contribution in [-0.2, 0) is 21.4 Å². The molecule has 0 saturated carbocycles. The summed E-state index contributed by atoms with van der Waals surface area (Å²) in [5.41, 5.74) is 0. The standard InChI is InChI=1S/C6H9N3O5S/c1-4-8-5(14-9-4)2-7-15(12,13)3-6(10)11/h7H,2-3H2,1H3,(H,10,11). The number of hydrogen-bond donors (Lipinski definition) is 2. The maximum atomic E-state index is 11.0. The molecule has 0 aliphatic rings. The first-order valence-electron chi connectivity index (χ1n) is 3.87. The maximum Gasteiger partial charge on any atom is 0.320 e. The summed E-state index contributed by atoms with van der Waals surface area (Å²) in [6.07, 6.45) is 0. The summed E-state index contributed by atoms with van der Waals surface area (Å²) in [7, 11) is -3.85. The normalized spacial score (nSPS) is 11.5. The van der Waals surface area contributed by atoms with E-state index in [0.29, 0.717) is 5.82 Å². The van der Waals surface area contributed by atoms with Crippen molar-refractivity contribution in [3.05, 3.63) is 11.7 Å². The summed E-state index contributed by atoms with van der Waals surface area (Å²) >= 11 is 0. The van der Waals surface area contributed by atoms with Crippen LogP contribution in [0.5, 0.6) is 0 Å². The van der Waals surface area contributed by atoms with Gasteiger partial charge in [-0.05, 0) is 6.92 Å². The molecular weight excluding hydrogens is 226 g/mol. The number of carbonyl (C=O) groups is 1. The minimum absolute atomic E-state index is 0.0847. The molecule has 2 N–H and O–H groups in total. The van der Waals surface area contributed by atoms with E-state index in [2.05, 4.69) is 14.7 Å². The molecule has 0 fully saturated rings. The molecule has 1 aromatic rings. The largest absolute Gasteiger partial charge is 0.480 e. The number of nitrogens with one attached hydrogen (secondary N) is 1. The predicted molar refractivity (Wildman–Crippen MR) is 47.3 cm³/mol. The highest BCUT2D eigenvalue weighted by Crippen LogP contribution is 1.96. The second-order valence-corrected chi connectivity index (χ2v) is 4.52. The number of carboxylic acid groups (broad SMARTS) is 1. The zero-order valence-electron chi connectivity index (χ0n) is 7.80. The van der Waals surface area contributed by atoms with E-state index in [1.165, 1.54) is 0 Å². The number of rotatable bonds is 5. The fourth-order valence-electron chi connectivity index (χ4n) is 0.797. The van der Waals surface area contributed by atoms with Crippen LogP contribution >= 0.6 is 0 Å². The third-order valence-corrected chi connectivity index (χ3v) is 2.54. The lowest BCUT2D eigenvalue weighted by molar-refractivity contribution is -0.134. The van der Waals surface area contributed by atoms with Gasteiger partial charge in [0.25, 0.3) is 0 Å². The van der Waals surface area contributed by atoms with Gasteiger partial charge in [0.05, 0.1) is 6.54 Å². The van der Waals surface area contributed by atoms with E-state index in [1.807, 2.05) is 4.72 Å². The van der Waals surface area contributed by atoms with Gasteiger partial charge in [-0.3, -0.25) is 4.79 Å². The van der Waals surface area contributed by atoms with Gasteiger partial charge in [0.15, 0.2) is 11.6 Å². The Bertz CT molecular complexity index is 451. The molecule has 0 aromatic carbocycles. The zero-order valence-corrected chi connectivity index (χ0v) is 8.61. The van der Waals surface area contributed by atoms with Gasteiger partial charge in [-0.15, -0.1) is 0 Å². The number of aromatic nitrogens is 2. The molecule has 0 atom stereocenters. The van der Waals surface area contributed by atoms with Crippen LogP contribution in [0.15, 0.2) is 4.52 Å². The summed E-state index contributed by atoms with van der Waals surface area (Å²) in [5.74, 6) is -1.95. The van der Waals surface area contributed by atoms with E-state index >= 15 is 0 Å². The summed E-state index contributed by atoms with van der Waals surface area (Å²) in [5, 5.41) is 11.7. The van der Waals surface area contributed by atoms with Crippen molar-refractivity contribution in [1.82, 2.24) is 14.9 Å². The summed E-state index contributed by atoms with van der Waals surface area (Å²) in [6, 6.07) is 0. The highest BCUT2D eigenvalue weighted by molar-refractivity contribution is 7.90. The summed E-state index contributed by atoms with van der Waals surface area (Å²) < 4.78 is 28.7. The molecule has 9 heteroatoms. The van der Waals surface area contributed by atoms with Crippen molar-refractivity contribution >= 4 is 16.0 Å². The number of carboxylic acids is 1. The van der Waals surface area contributed by atoms with E-state index in [9.17, 15) is 13.2 Å². The molecule has 1 heterocycles. The first-order valence-corrected chi connectivity index (χ1v) is 5.52. The molecule has 0 unspecified atom stereocenters. The summed E-state index contributed by atoms with van der Waals surface area (Å²) in [6.45, 7) is 1.37. The van der Waals surface area contributed by atoms with Crippen molar-refractivity contribution in [2.45, 2.75) is 13.5 Å². The molecule has 1 rings (SSSR count). The molecule has 0 amide bonds. The molecule has 0 saturated heterocycles. The van der Waals surface area contributed by atoms with Crippen LogP contribution in [0.1, 0.15) is 11.7 Å². The molecule has 15 heavy (non-hydrogen) atoms. The quantitative estimate of drug-likeness (QED) is 0.662. The number of hydrogen-bond acceptors (Lipinski definition) is 6. The number of nitrogens with zero attached hydrogens (tertiary/aromatic N) is 2. The SMILES string of the molecule is Cc1noc(CNS(=O)(=O)CC(=O)O)n1. The Morgan fingerprint density at radius 2 is 2.27 bits per heavy atom. The van der Waals surface area contributed by atoms with Crippen LogP contribution in [0.4, 0.5) is 0 Å². The van der Waals surface area contributed by atoms with Gasteiger partial charge in [0, 0.05) is 0 Å². The van der Waals surface area contributed by atoms with Crippen molar-refractivity contribution in [2.75, 3.05) is 5.75 Å². The van der Waals surface area contributed by atoms with Gasteiger partial charge in [-0.1, -0.05) is 5.16 Å². The molecule has 1 aromatic heterocycles. The van der Waals surface area contributed by atoms with Crippen LogP contribution in [0.2, 0.25) is 0 Å². The minimum Gasteiger partial charge on any atom is -0.480 e. The van der Waals surface area contributed by atoms with Crippen LogP contribution in [0.25, 0.3) is 0 Å². The van der Waals surface area contributed by atoms with Crippen LogP contribution in [0, 0.1) is 6.92 Å². The first-order chi connectivity index (χ1) is 6.89. The van der Waals surface area contributed by atoms with Gasteiger partial charge in [-0.25, -0.2) is 13.1 Å². The first kappa shape index (κ1) is 11.6. The zero-order chi connectivity index (χ0) is 11.5. The number of sulfonamides is 1. The molecule has 0 radical (unpaired) electrons. The topological polar surface area (TPSA) is 122 Å². The molecule has 84 valence electrons. The van der Waals surface area contributed by atoms with E-state index in [4.69, 9.17) is 5.11 Å². The van der Waals surface area contributed by atoms with Crippen molar-refractivity contribution < 1.29 is 22.8 Å². The average Bonchev–Trinajstić information content (AvgIpc) is 2.46. The Kier molecular flexibility index (Phi) is 3.37. The summed E-state index contributed by atoms with van der Waals surface area (Å²) in [4.78, 5) is 13.9. The molecule has 8 nitrogen and oxygen atoms in total. The van der Waals surface area contributed by atoms with E-state index in [-0.39, 0.29) is 12.4 Å². The minimum atomic E-state index is -3.85. The van der Waals surface area contributed by atoms with Gasteiger partial charge < -0.3 is 9.63 Å². The predicted octanol–water partition coefficient (Wildman–Crippen LogP) is -1.12. The van der Waals surface area contributed by atoms with Gasteiger partial charge >= 0.3 is 5.97 Å². The Morgan fingerprint density at radius 1 is 1.60 bits per heavy atom. The molecule has 0 aliphatic heterocycles. The lowest BCUT2D eigenvalue weighted by Gasteiger charge is -2.00. The van der Waals surface area contributed by atoms with Crippen LogP contribution in [0.3, 0.4) is 0 Å². The second-order valence-electron chi connectivity index (χ2n) is 2.71. The Hall–Kier alpha value is -1.48.